The van der Waals surface area contributed by atoms with Crippen molar-refractivity contribution in [2.24, 2.45) is 0 Å². The molecular weight excluding hydrogens is 482 g/mol. The van der Waals surface area contributed by atoms with Gasteiger partial charge >= 0.3 is 0 Å². The summed E-state index contributed by atoms with van der Waals surface area (Å²) in [5, 5.41) is 17.5. The average Bonchev–Trinajstić information content (AvgIpc) is 3.16. The molecule has 0 bridgehead atoms. The minimum absolute atomic E-state index is 0.0488. The number of halogens is 1. The van der Waals surface area contributed by atoms with Crippen LogP contribution >= 0.6 is 11.6 Å². The van der Waals surface area contributed by atoms with Crippen molar-refractivity contribution in [3.8, 4) is 0 Å². The maximum atomic E-state index is 13.1. The Labute approximate surface area is 213 Å². The second-order valence-electron chi connectivity index (χ2n) is 8.54. The van der Waals surface area contributed by atoms with Crippen molar-refractivity contribution in [1.82, 2.24) is 4.90 Å². The van der Waals surface area contributed by atoms with Gasteiger partial charge in [-0.25, -0.2) is 0 Å². The first kappa shape index (κ1) is 24.9. The molecule has 1 aliphatic heterocycles. The number of amides is 2. The Hall–Kier alpha value is -4.21. The second kappa shape index (κ2) is 10.2. The quantitative estimate of drug-likeness (QED) is 0.273. The lowest BCUT2D eigenvalue weighted by molar-refractivity contribution is -0.384. The molecule has 0 saturated heterocycles. The number of carbonyl (C=O) groups is 2. The van der Waals surface area contributed by atoms with E-state index >= 15 is 0 Å². The van der Waals surface area contributed by atoms with Gasteiger partial charge in [0.2, 0.25) is 5.91 Å². The summed E-state index contributed by atoms with van der Waals surface area (Å²) < 4.78 is 0. The number of hydrogen-bond donors (Lipinski definition) is 2. The Kier molecular flexibility index (Phi) is 7.05. The molecule has 0 fully saturated rings. The molecule has 2 N–H and O–H groups in total. The first-order chi connectivity index (χ1) is 17.2. The number of anilines is 3. The van der Waals surface area contributed by atoms with Crippen LogP contribution in [-0.2, 0) is 9.59 Å². The molecule has 10 heteroatoms. The summed E-state index contributed by atoms with van der Waals surface area (Å²) in [6.07, 6.45) is 0. The van der Waals surface area contributed by atoms with Crippen molar-refractivity contribution in [2.45, 2.75) is 0 Å². The summed E-state index contributed by atoms with van der Waals surface area (Å²) in [5.74, 6) is -0.453. The normalized spacial score (nSPS) is 13.8. The highest BCUT2D eigenvalue weighted by molar-refractivity contribution is 6.39. The van der Waals surface area contributed by atoms with Crippen LogP contribution in [0.3, 0.4) is 0 Å². The molecule has 184 valence electrons. The molecular formula is C26H24ClN5O4. The van der Waals surface area contributed by atoms with Crippen LogP contribution in [0.2, 0.25) is 5.02 Å². The lowest BCUT2D eigenvalue weighted by Gasteiger charge is -2.20. The van der Waals surface area contributed by atoms with Crippen LogP contribution in [0.15, 0.2) is 66.7 Å². The van der Waals surface area contributed by atoms with E-state index in [2.05, 4.69) is 10.6 Å². The molecule has 4 rings (SSSR count). The van der Waals surface area contributed by atoms with E-state index in [-0.39, 0.29) is 28.7 Å². The predicted molar refractivity (Wildman–Crippen MR) is 142 cm³/mol. The Morgan fingerprint density at radius 2 is 1.72 bits per heavy atom. The highest BCUT2D eigenvalue weighted by atomic mass is 35.5. The number of benzene rings is 3. The van der Waals surface area contributed by atoms with Gasteiger partial charge in [-0.15, -0.1) is 0 Å². The third kappa shape index (κ3) is 5.07. The van der Waals surface area contributed by atoms with Crippen LogP contribution in [0.4, 0.5) is 22.7 Å². The largest absolute Gasteiger partial charge is 0.354 e. The number of nitro groups is 1. The zero-order valence-corrected chi connectivity index (χ0v) is 20.7. The molecule has 36 heavy (non-hydrogen) atoms. The van der Waals surface area contributed by atoms with E-state index in [1.807, 2.05) is 44.4 Å². The number of fused-ring (bicyclic) bond motifs is 1. The fourth-order valence-corrected chi connectivity index (χ4v) is 4.12. The molecule has 0 aromatic heterocycles. The van der Waals surface area contributed by atoms with Crippen LogP contribution in [-0.4, -0.2) is 49.3 Å². The lowest BCUT2D eigenvalue weighted by Crippen LogP contribution is -2.34. The van der Waals surface area contributed by atoms with Crippen LogP contribution in [0.1, 0.15) is 11.1 Å². The van der Waals surface area contributed by atoms with Crippen molar-refractivity contribution in [2.75, 3.05) is 43.2 Å². The number of carbonyl (C=O) groups excluding carboxylic acids is 2. The summed E-state index contributed by atoms with van der Waals surface area (Å²) in [6, 6.07) is 19.1. The predicted octanol–water partition coefficient (Wildman–Crippen LogP) is 4.71. The number of likely N-dealkylation sites (N-methyl/N-ethyl adjacent to an activating group) is 2. The molecule has 1 heterocycles. The number of hydrogen-bond acceptors (Lipinski definition) is 6. The van der Waals surface area contributed by atoms with E-state index in [9.17, 15) is 19.7 Å². The van der Waals surface area contributed by atoms with Gasteiger partial charge in [0.25, 0.3) is 11.6 Å². The SMILES string of the molecule is CN(C)CC(=O)N(C)c1ccc(N/C(=C2\C(=O)Nc3cc(Cl)c([N+](=O)[O-])cc32)c2ccccc2)cc1. The van der Waals surface area contributed by atoms with Gasteiger partial charge in [0.15, 0.2) is 0 Å². The summed E-state index contributed by atoms with van der Waals surface area (Å²) >= 11 is 6.06. The van der Waals surface area contributed by atoms with Gasteiger partial charge in [-0.1, -0.05) is 41.9 Å². The summed E-state index contributed by atoms with van der Waals surface area (Å²) in [7, 11) is 5.37. The smallest absolute Gasteiger partial charge is 0.288 e. The van der Waals surface area contributed by atoms with Gasteiger partial charge in [-0.05, 0) is 50.0 Å². The zero-order chi connectivity index (χ0) is 26.0. The highest BCUT2D eigenvalue weighted by Gasteiger charge is 2.32. The fourth-order valence-electron chi connectivity index (χ4n) is 3.88. The minimum atomic E-state index is -0.578. The van der Waals surface area contributed by atoms with Gasteiger partial charge in [-0.2, -0.15) is 0 Å². The van der Waals surface area contributed by atoms with Crippen molar-refractivity contribution >= 4 is 57.4 Å². The number of rotatable bonds is 7. The van der Waals surface area contributed by atoms with E-state index in [0.717, 1.165) is 11.3 Å². The molecule has 0 aliphatic carbocycles. The Morgan fingerprint density at radius 3 is 2.33 bits per heavy atom. The molecule has 1 aliphatic rings. The van der Waals surface area contributed by atoms with E-state index in [0.29, 0.717) is 22.6 Å². The maximum Gasteiger partial charge on any atom is 0.288 e. The average molecular weight is 506 g/mol. The summed E-state index contributed by atoms with van der Waals surface area (Å²) in [5.41, 5.74) is 3.35. The van der Waals surface area contributed by atoms with Gasteiger partial charge in [0.1, 0.15) is 5.02 Å². The molecule has 0 atom stereocenters. The summed E-state index contributed by atoms with van der Waals surface area (Å²) in [4.78, 5) is 39.7. The van der Waals surface area contributed by atoms with E-state index < -0.39 is 10.8 Å². The number of nitro benzene ring substituents is 1. The van der Waals surface area contributed by atoms with Gasteiger partial charge in [0.05, 0.1) is 28.4 Å². The maximum absolute atomic E-state index is 13.1. The minimum Gasteiger partial charge on any atom is -0.354 e. The molecule has 0 saturated carbocycles. The Morgan fingerprint density at radius 1 is 1.06 bits per heavy atom. The lowest BCUT2D eigenvalue weighted by atomic mass is 9.99. The topological polar surface area (TPSA) is 108 Å². The van der Waals surface area contributed by atoms with E-state index in [1.165, 1.54) is 12.1 Å². The zero-order valence-electron chi connectivity index (χ0n) is 19.9. The molecule has 2 amide bonds. The first-order valence-corrected chi connectivity index (χ1v) is 11.4. The van der Waals surface area contributed by atoms with E-state index in [4.69, 9.17) is 11.6 Å². The van der Waals surface area contributed by atoms with Crippen molar-refractivity contribution < 1.29 is 14.5 Å². The number of nitrogens with one attached hydrogen (secondary N) is 2. The Bertz CT molecular complexity index is 1370. The molecule has 9 nitrogen and oxygen atoms in total. The van der Waals surface area contributed by atoms with Gasteiger partial charge in [-0.3, -0.25) is 19.7 Å². The first-order valence-electron chi connectivity index (χ1n) is 11.0. The van der Waals surface area contributed by atoms with Crippen LogP contribution in [0.25, 0.3) is 11.3 Å². The monoisotopic (exact) mass is 505 g/mol. The molecule has 0 unspecified atom stereocenters. The molecule has 0 spiro atoms. The highest BCUT2D eigenvalue weighted by Crippen LogP contribution is 2.42. The van der Waals surface area contributed by atoms with Gasteiger partial charge < -0.3 is 20.4 Å². The Balaban J connectivity index is 1.76. The van der Waals surface area contributed by atoms with Crippen molar-refractivity contribution in [1.29, 1.82) is 0 Å². The second-order valence-corrected chi connectivity index (χ2v) is 8.95. The number of nitrogens with zero attached hydrogens (tertiary/aromatic N) is 3. The molecule has 3 aromatic rings. The third-order valence-electron chi connectivity index (χ3n) is 5.69. The fraction of sp³-hybridized carbons (Fsp3) is 0.154. The van der Waals surface area contributed by atoms with E-state index in [1.54, 1.807) is 41.1 Å². The van der Waals surface area contributed by atoms with Crippen LogP contribution < -0.4 is 15.5 Å². The van der Waals surface area contributed by atoms with Crippen molar-refractivity contribution in [3.05, 3.63) is 93.0 Å². The van der Waals surface area contributed by atoms with Crippen molar-refractivity contribution in [3.63, 3.8) is 0 Å². The molecule has 3 aromatic carbocycles. The van der Waals surface area contributed by atoms with Crippen LogP contribution in [0, 0.1) is 10.1 Å². The van der Waals surface area contributed by atoms with Gasteiger partial charge in [0, 0.05) is 30.1 Å². The third-order valence-corrected chi connectivity index (χ3v) is 5.99. The molecule has 0 radical (unpaired) electrons. The van der Waals surface area contributed by atoms with Crippen LogP contribution in [0.5, 0.6) is 0 Å². The standard InChI is InChI=1S/C26H24ClN5O4/c1-30(2)15-23(33)31(3)18-11-9-17(10-12-18)28-25(16-7-5-4-6-8-16)24-19-13-22(32(35)36)20(27)14-21(19)29-26(24)34/h4-14,28H,15H2,1-3H3,(H,29,34)/b25-24-. The summed E-state index contributed by atoms with van der Waals surface area (Å²) in [6.45, 7) is 0.283.